The van der Waals surface area contributed by atoms with Crippen molar-refractivity contribution in [2.75, 3.05) is 31.5 Å². The molecule has 2 saturated heterocycles. The molecule has 41 heavy (non-hydrogen) atoms. The molecular weight excluding hydrogens is 540 g/mol. The lowest BCUT2D eigenvalue weighted by Gasteiger charge is -2.50. The number of carbonyl (C=O) groups is 1. The highest BCUT2D eigenvalue weighted by Crippen LogP contribution is 2.41. The number of aromatic nitrogens is 2. The quantitative estimate of drug-likeness (QED) is 0.336. The Balaban J connectivity index is 1.20. The van der Waals surface area contributed by atoms with Gasteiger partial charge < -0.3 is 19.7 Å². The molecule has 2 aliphatic heterocycles. The molecule has 2 bridgehead atoms. The van der Waals surface area contributed by atoms with Gasteiger partial charge in [0, 0.05) is 44.6 Å². The summed E-state index contributed by atoms with van der Waals surface area (Å²) in [5.74, 6) is 1.27. The molecule has 212 valence electrons. The molecule has 6 rings (SSSR count). The van der Waals surface area contributed by atoms with E-state index >= 15 is 0 Å². The zero-order valence-corrected chi connectivity index (χ0v) is 24.0. The molecule has 1 aliphatic carbocycles. The molecule has 0 radical (unpaired) electrons. The predicted molar refractivity (Wildman–Crippen MR) is 157 cm³/mol. The molecule has 3 heterocycles. The molecule has 1 saturated carbocycles. The van der Waals surface area contributed by atoms with E-state index in [1.807, 2.05) is 24.8 Å². The van der Waals surface area contributed by atoms with Gasteiger partial charge in [-0.2, -0.15) is 0 Å². The molecule has 3 aromatic rings. The van der Waals surface area contributed by atoms with Gasteiger partial charge in [0.25, 0.3) is 0 Å². The minimum absolute atomic E-state index is 0.0900. The number of likely N-dealkylation sites (tertiary alicyclic amines) is 2. The lowest BCUT2D eigenvalue weighted by Crippen LogP contribution is -2.62. The molecule has 1 aromatic heterocycles. The number of nitrogens with zero attached hydrogens (tertiary/aromatic N) is 5. The van der Waals surface area contributed by atoms with Crippen LogP contribution in [0.15, 0.2) is 54.9 Å². The van der Waals surface area contributed by atoms with Crippen LogP contribution < -0.4 is 10.1 Å². The summed E-state index contributed by atoms with van der Waals surface area (Å²) in [7, 11) is 0. The van der Waals surface area contributed by atoms with Gasteiger partial charge >= 0.3 is 6.09 Å². The Morgan fingerprint density at radius 1 is 1.12 bits per heavy atom. The van der Waals surface area contributed by atoms with Crippen LogP contribution in [0.4, 0.5) is 22.0 Å². The summed E-state index contributed by atoms with van der Waals surface area (Å²) < 4.78 is 12.5. The van der Waals surface area contributed by atoms with E-state index in [1.165, 1.54) is 11.9 Å². The van der Waals surface area contributed by atoms with Crippen LogP contribution in [0.5, 0.6) is 5.88 Å². The SMILES string of the molecule is [C-]#[N+]c1ccc(Nc2ncnc(OC3C4CN(Cc5ccccc5)CC3CN(C(=O)OC3(C)CC3)C4)c2C)c(Cl)c1. The maximum absolute atomic E-state index is 13.1. The Hall–Kier alpha value is -3.87. The van der Waals surface area contributed by atoms with Crippen molar-refractivity contribution in [1.82, 2.24) is 19.8 Å². The van der Waals surface area contributed by atoms with Crippen molar-refractivity contribution in [2.24, 2.45) is 11.8 Å². The minimum atomic E-state index is -0.306. The number of anilines is 2. The topological polar surface area (TPSA) is 84.2 Å². The number of carbonyl (C=O) groups excluding carboxylic acids is 1. The normalized spacial score (nSPS) is 22.9. The van der Waals surface area contributed by atoms with Gasteiger partial charge in [0.15, 0.2) is 5.69 Å². The number of halogens is 1. The summed E-state index contributed by atoms with van der Waals surface area (Å²) in [5, 5.41) is 3.70. The summed E-state index contributed by atoms with van der Waals surface area (Å²) in [4.78, 5) is 29.7. The van der Waals surface area contributed by atoms with Gasteiger partial charge in [-0.15, -0.1) is 0 Å². The first-order chi connectivity index (χ1) is 19.8. The third-order valence-corrected chi connectivity index (χ3v) is 8.55. The smallest absolute Gasteiger partial charge is 0.410 e. The second-order valence-corrected chi connectivity index (χ2v) is 12.0. The van der Waals surface area contributed by atoms with Crippen molar-refractivity contribution in [3.05, 3.63) is 82.4 Å². The van der Waals surface area contributed by atoms with Gasteiger partial charge in [0.1, 0.15) is 23.9 Å². The summed E-state index contributed by atoms with van der Waals surface area (Å²) in [6.45, 7) is 14.7. The van der Waals surface area contributed by atoms with E-state index in [1.54, 1.807) is 18.2 Å². The molecule has 2 aromatic carbocycles. The third kappa shape index (κ3) is 6.09. The highest BCUT2D eigenvalue weighted by atomic mass is 35.5. The monoisotopic (exact) mass is 572 g/mol. The number of rotatable bonds is 7. The van der Waals surface area contributed by atoms with Crippen LogP contribution in [-0.2, 0) is 11.3 Å². The van der Waals surface area contributed by atoms with E-state index in [0.29, 0.717) is 41.2 Å². The number of fused-ring (bicyclic) bond motifs is 2. The van der Waals surface area contributed by atoms with Crippen molar-refractivity contribution in [3.8, 4) is 5.88 Å². The van der Waals surface area contributed by atoms with Crippen LogP contribution >= 0.6 is 11.6 Å². The maximum Gasteiger partial charge on any atom is 0.410 e. The molecule has 10 heteroatoms. The van der Waals surface area contributed by atoms with Crippen molar-refractivity contribution in [1.29, 1.82) is 0 Å². The van der Waals surface area contributed by atoms with E-state index < -0.39 is 0 Å². The van der Waals surface area contributed by atoms with Crippen LogP contribution in [0.25, 0.3) is 4.85 Å². The van der Waals surface area contributed by atoms with Gasteiger partial charge in [-0.3, -0.25) is 4.90 Å². The Kier molecular flexibility index (Phi) is 7.45. The molecule has 1 amide bonds. The van der Waals surface area contributed by atoms with Crippen molar-refractivity contribution < 1.29 is 14.3 Å². The molecule has 2 unspecified atom stereocenters. The van der Waals surface area contributed by atoms with Crippen LogP contribution in [0.1, 0.15) is 30.9 Å². The van der Waals surface area contributed by atoms with E-state index in [9.17, 15) is 4.79 Å². The van der Waals surface area contributed by atoms with Crippen molar-refractivity contribution >= 4 is 34.9 Å². The third-order valence-electron chi connectivity index (χ3n) is 8.24. The largest absolute Gasteiger partial charge is 0.473 e. The van der Waals surface area contributed by atoms with E-state index in [2.05, 4.69) is 49.3 Å². The van der Waals surface area contributed by atoms with E-state index in [-0.39, 0.29) is 29.6 Å². The fourth-order valence-corrected chi connectivity index (χ4v) is 5.99. The van der Waals surface area contributed by atoms with Crippen LogP contribution in [-0.4, -0.2) is 63.7 Å². The second-order valence-electron chi connectivity index (χ2n) is 11.6. The molecule has 0 spiro atoms. The van der Waals surface area contributed by atoms with Crippen LogP contribution in [0.2, 0.25) is 5.02 Å². The Morgan fingerprint density at radius 2 is 1.85 bits per heavy atom. The zero-order valence-electron chi connectivity index (χ0n) is 23.2. The molecule has 3 aliphatic rings. The highest BCUT2D eigenvalue weighted by Gasteiger charge is 2.48. The number of hydrogen-bond acceptors (Lipinski definition) is 7. The summed E-state index contributed by atoms with van der Waals surface area (Å²) in [5.41, 5.74) is 2.85. The number of ether oxygens (including phenoxy) is 2. The van der Waals surface area contributed by atoms with Gasteiger partial charge in [0.05, 0.1) is 22.8 Å². The van der Waals surface area contributed by atoms with Crippen LogP contribution in [0.3, 0.4) is 0 Å². The molecule has 3 fully saturated rings. The average molecular weight is 573 g/mol. The number of nitrogens with one attached hydrogen (secondary N) is 1. The lowest BCUT2D eigenvalue weighted by molar-refractivity contribution is -0.0687. The Morgan fingerprint density at radius 3 is 2.51 bits per heavy atom. The van der Waals surface area contributed by atoms with E-state index in [4.69, 9.17) is 27.6 Å². The van der Waals surface area contributed by atoms with Gasteiger partial charge in [0.2, 0.25) is 5.88 Å². The molecule has 9 nitrogen and oxygen atoms in total. The minimum Gasteiger partial charge on any atom is -0.473 e. The number of benzene rings is 2. The molecule has 2 atom stereocenters. The first-order valence-corrected chi connectivity index (χ1v) is 14.3. The van der Waals surface area contributed by atoms with Gasteiger partial charge in [-0.25, -0.2) is 19.6 Å². The fraction of sp³-hybridized carbons (Fsp3) is 0.419. The number of amides is 1. The Labute approximate surface area is 245 Å². The van der Waals surface area contributed by atoms with Crippen molar-refractivity contribution in [2.45, 2.75) is 44.9 Å². The predicted octanol–water partition coefficient (Wildman–Crippen LogP) is 6.23. The van der Waals surface area contributed by atoms with Crippen molar-refractivity contribution in [3.63, 3.8) is 0 Å². The summed E-state index contributed by atoms with van der Waals surface area (Å²) >= 11 is 6.40. The zero-order chi connectivity index (χ0) is 28.6. The van der Waals surface area contributed by atoms with Gasteiger partial charge in [-0.1, -0.05) is 48.0 Å². The first kappa shape index (κ1) is 27.3. The standard InChI is InChI=1S/C31H33ClN6O3/c1-20-28(36-26-10-9-24(33-3)13-25(26)32)34-19-35-29(20)40-27-22-15-37(14-21-7-5-4-6-8-21)16-23(27)18-38(17-22)30(39)41-31(2)11-12-31/h4-10,13,19,22-23,27H,11-12,14-18H2,1-2H3,(H,34,35,36). The number of piperidine rings is 2. The highest BCUT2D eigenvalue weighted by molar-refractivity contribution is 6.33. The summed E-state index contributed by atoms with van der Waals surface area (Å²) in [6, 6.07) is 15.6. The average Bonchev–Trinajstić information content (AvgIpc) is 3.68. The number of hydrogen-bond donors (Lipinski definition) is 1. The Bertz CT molecular complexity index is 1460. The second kappa shape index (κ2) is 11.2. The first-order valence-electron chi connectivity index (χ1n) is 14.0. The van der Waals surface area contributed by atoms with Crippen LogP contribution in [0, 0.1) is 25.3 Å². The molecule has 1 N–H and O–H groups in total. The summed E-state index contributed by atoms with van der Waals surface area (Å²) in [6.07, 6.45) is 3.00. The lowest BCUT2D eigenvalue weighted by atomic mass is 9.81. The van der Waals surface area contributed by atoms with E-state index in [0.717, 1.165) is 38.0 Å². The fourth-order valence-electron chi connectivity index (χ4n) is 5.77. The van der Waals surface area contributed by atoms with Gasteiger partial charge in [-0.05, 0) is 44.4 Å². The molecular formula is C31H33ClN6O3. The maximum atomic E-state index is 13.1.